The molecule has 0 aliphatic rings. The summed E-state index contributed by atoms with van der Waals surface area (Å²) in [7, 11) is 0. The van der Waals surface area contributed by atoms with E-state index in [1.165, 1.54) is 0 Å². The highest BCUT2D eigenvalue weighted by Crippen LogP contribution is 1.96. The van der Waals surface area contributed by atoms with Crippen molar-refractivity contribution in [1.82, 2.24) is 5.32 Å². The highest BCUT2D eigenvalue weighted by molar-refractivity contribution is 5.78. The van der Waals surface area contributed by atoms with Gasteiger partial charge in [-0.15, -0.1) is 0 Å². The maximum atomic E-state index is 11.2. The van der Waals surface area contributed by atoms with Gasteiger partial charge >= 0.3 is 0 Å². The van der Waals surface area contributed by atoms with Gasteiger partial charge < -0.3 is 5.32 Å². The Bertz CT molecular complexity index is 221. The summed E-state index contributed by atoms with van der Waals surface area (Å²) in [6.07, 6.45) is 7.46. The first-order valence-corrected chi connectivity index (χ1v) is 4.49. The first-order valence-electron chi connectivity index (χ1n) is 4.49. The normalized spacial score (nSPS) is 10.7. The van der Waals surface area contributed by atoms with Crippen LogP contribution in [0.15, 0.2) is 37.1 Å². The van der Waals surface area contributed by atoms with Crippen LogP contribution in [0.1, 0.15) is 27.6 Å². The van der Waals surface area contributed by atoms with Gasteiger partial charge in [-0.1, -0.05) is 32.6 Å². The first-order chi connectivity index (χ1) is 6.24. The third kappa shape index (κ3) is 5.91. The van der Waals surface area contributed by atoms with Crippen molar-refractivity contribution in [2.45, 2.75) is 26.2 Å². The molecule has 2 heteroatoms. The number of amides is 1. The number of carbonyl (C=O) groups excluding carboxylic acids is 1. The van der Waals surface area contributed by atoms with Gasteiger partial charge in [0.2, 0.25) is 5.91 Å². The lowest BCUT2D eigenvalue weighted by molar-refractivity contribution is -0.120. The Morgan fingerprint density at radius 2 is 2.23 bits per heavy atom. The summed E-state index contributed by atoms with van der Waals surface area (Å²) in [4.78, 5) is 11.2. The number of rotatable bonds is 6. The molecule has 0 aliphatic heterocycles. The molecule has 0 unspecified atom stereocenters. The van der Waals surface area contributed by atoms with Crippen molar-refractivity contribution in [2.75, 3.05) is 0 Å². The molecule has 0 rings (SSSR count). The smallest absolute Gasteiger partial charge is 0.224 e. The number of nitrogens with one attached hydrogen (secondary N) is 1. The van der Waals surface area contributed by atoms with Crippen molar-refractivity contribution in [3.8, 4) is 0 Å². The van der Waals surface area contributed by atoms with Crippen LogP contribution in [0.25, 0.3) is 0 Å². The standard InChI is InChI=1S/C11H17NO.H2/c1-4-7-9-11(13)12-10(6-3)8-5-2;/h5-6,8H,2-4,7,9H2,1H3,(H,12,13);1H/b10-8+;. The van der Waals surface area contributed by atoms with Gasteiger partial charge in [-0.05, 0) is 18.6 Å². The van der Waals surface area contributed by atoms with E-state index in [-0.39, 0.29) is 7.33 Å². The first kappa shape index (κ1) is 11.7. The summed E-state index contributed by atoms with van der Waals surface area (Å²) >= 11 is 0. The minimum Gasteiger partial charge on any atom is -0.326 e. The van der Waals surface area contributed by atoms with Crippen LogP contribution < -0.4 is 5.32 Å². The number of hydrogen-bond donors (Lipinski definition) is 1. The molecule has 0 saturated heterocycles. The molecular formula is C11H19NO. The summed E-state index contributed by atoms with van der Waals surface area (Å²) in [5.41, 5.74) is 0.705. The average Bonchev–Trinajstić information content (AvgIpc) is 2.14. The second-order valence-corrected chi connectivity index (χ2v) is 2.71. The fraction of sp³-hybridized carbons (Fsp3) is 0.364. The van der Waals surface area contributed by atoms with E-state index in [0.29, 0.717) is 12.1 Å². The Hall–Kier alpha value is -1.31. The van der Waals surface area contributed by atoms with Crippen LogP contribution in [-0.4, -0.2) is 5.91 Å². The Balaban J connectivity index is 0. The summed E-state index contributed by atoms with van der Waals surface area (Å²) < 4.78 is 0. The van der Waals surface area contributed by atoms with E-state index in [0.717, 1.165) is 12.8 Å². The number of hydrogen-bond acceptors (Lipinski definition) is 1. The SMILES string of the molecule is C=C/C=C(\C=C)NC(=O)CCCC.[HH]. The highest BCUT2D eigenvalue weighted by atomic mass is 16.1. The molecule has 0 bridgehead atoms. The Morgan fingerprint density at radius 1 is 1.54 bits per heavy atom. The summed E-state index contributed by atoms with van der Waals surface area (Å²) in [5.74, 6) is 0.0369. The van der Waals surface area contributed by atoms with Crippen LogP contribution in [0.4, 0.5) is 0 Å². The zero-order chi connectivity index (χ0) is 10.1. The Kier molecular flexibility index (Phi) is 6.60. The zero-order valence-electron chi connectivity index (χ0n) is 8.18. The molecule has 0 aliphatic carbocycles. The minimum absolute atomic E-state index is 0. The van der Waals surface area contributed by atoms with Gasteiger partial charge in [0.15, 0.2) is 0 Å². The summed E-state index contributed by atoms with van der Waals surface area (Å²) in [5, 5.41) is 2.74. The molecule has 0 aromatic carbocycles. The lowest BCUT2D eigenvalue weighted by atomic mass is 10.2. The molecule has 0 aromatic rings. The van der Waals surface area contributed by atoms with Gasteiger partial charge in [-0.3, -0.25) is 4.79 Å². The monoisotopic (exact) mass is 181 g/mol. The fourth-order valence-electron chi connectivity index (χ4n) is 0.849. The minimum atomic E-state index is 0. The van der Waals surface area contributed by atoms with Crippen molar-refractivity contribution in [1.29, 1.82) is 0 Å². The van der Waals surface area contributed by atoms with E-state index in [2.05, 4.69) is 25.4 Å². The van der Waals surface area contributed by atoms with E-state index in [9.17, 15) is 4.79 Å². The van der Waals surface area contributed by atoms with Crippen LogP contribution in [0.3, 0.4) is 0 Å². The molecule has 74 valence electrons. The molecular weight excluding hydrogens is 162 g/mol. The molecule has 13 heavy (non-hydrogen) atoms. The van der Waals surface area contributed by atoms with Crippen molar-refractivity contribution in [3.63, 3.8) is 0 Å². The fourth-order valence-corrected chi connectivity index (χ4v) is 0.849. The molecule has 1 N–H and O–H groups in total. The van der Waals surface area contributed by atoms with E-state index < -0.39 is 0 Å². The second kappa shape index (κ2) is 7.35. The molecule has 0 atom stereocenters. The maximum absolute atomic E-state index is 11.2. The molecule has 0 fully saturated rings. The second-order valence-electron chi connectivity index (χ2n) is 2.71. The van der Waals surface area contributed by atoms with Crippen LogP contribution >= 0.6 is 0 Å². The maximum Gasteiger partial charge on any atom is 0.224 e. The van der Waals surface area contributed by atoms with Gasteiger partial charge in [0.1, 0.15) is 0 Å². The number of carbonyl (C=O) groups is 1. The van der Waals surface area contributed by atoms with Crippen molar-refractivity contribution < 1.29 is 6.22 Å². The molecule has 0 aromatic heterocycles. The Morgan fingerprint density at radius 3 is 2.69 bits per heavy atom. The van der Waals surface area contributed by atoms with Crippen molar-refractivity contribution >= 4 is 5.91 Å². The molecule has 1 amide bonds. The predicted molar refractivity (Wildman–Crippen MR) is 58.3 cm³/mol. The van der Waals surface area contributed by atoms with E-state index in [1.54, 1.807) is 18.2 Å². The molecule has 0 radical (unpaired) electrons. The third-order valence-electron chi connectivity index (χ3n) is 1.56. The largest absolute Gasteiger partial charge is 0.326 e. The zero-order valence-corrected chi connectivity index (χ0v) is 8.18. The van der Waals surface area contributed by atoms with Crippen LogP contribution in [0, 0.1) is 0 Å². The predicted octanol–water partition coefficient (Wildman–Crippen LogP) is 2.79. The topological polar surface area (TPSA) is 29.1 Å². The van der Waals surface area contributed by atoms with Crippen LogP contribution in [-0.2, 0) is 4.79 Å². The van der Waals surface area contributed by atoms with Gasteiger partial charge in [-0.2, -0.15) is 0 Å². The molecule has 0 spiro atoms. The summed E-state index contributed by atoms with van der Waals surface area (Å²) in [6.45, 7) is 9.18. The van der Waals surface area contributed by atoms with Gasteiger partial charge in [-0.25, -0.2) is 0 Å². The lowest BCUT2D eigenvalue weighted by Gasteiger charge is -2.03. The molecule has 0 heterocycles. The van der Waals surface area contributed by atoms with Crippen molar-refractivity contribution in [2.24, 2.45) is 0 Å². The lowest BCUT2D eigenvalue weighted by Crippen LogP contribution is -2.21. The number of allylic oxidation sites excluding steroid dienone is 3. The average molecular weight is 181 g/mol. The van der Waals surface area contributed by atoms with E-state index >= 15 is 0 Å². The molecule has 0 saturated carbocycles. The Labute approximate surface area is 81.5 Å². The summed E-state index contributed by atoms with van der Waals surface area (Å²) in [6, 6.07) is 0. The van der Waals surface area contributed by atoms with Crippen molar-refractivity contribution in [3.05, 3.63) is 37.1 Å². The molecule has 2 nitrogen and oxygen atoms in total. The van der Waals surface area contributed by atoms with Crippen LogP contribution in [0.2, 0.25) is 0 Å². The van der Waals surface area contributed by atoms with Crippen LogP contribution in [0.5, 0.6) is 0 Å². The van der Waals surface area contributed by atoms with Gasteiger partial charge in [0.05, 0.1) is 0 Å². The highest BCUT2D eigenvalue weighted by Gasteiger charge is 1.99. The van der Waals surface area contributed by atoms with Gasteiger partial charge in [0, 0.05) is 13.5 Å². The third-order valence-corrected chi connectivity index (χ3v) is 1.56. The number of unbranched alkanes of at least 4 members (excludes halogenated alkanes) is 1. The van der Waals surface area contributed by atoms with E-state index in [4.69, 9.17) is 0 Å². The quantitative estimate of drug-likeness (QED) is 0.627. The van der Waals surface area contributed by atoms with E-state index in [1.807, 2.05) is 0 Å². The van der Waals surface area contributed by atoms with Gasteiger partial charge in [0.25, 0.3) is 0 Å².